The van der Waals surface area contributed by atoms with Crippen LogP contribution in [0.4, 0.5) is 5.95 Å². The van der Waals surface area contributed by atoms with Crippen molar-refractivity contribution in [3.05, 3.63) is 45.3 Å². The molecule has 0 aliphatic heterocycles. The van der Waals surface area contributed by atoms with E-state index in [-0.39, 0.29) is 10.8 Å². The highest BCUT2D eigenvalue weighted by atomic mass is 127. The molecular formula is C12H12IN3O2S. The van der Waals surface area contributed by atoms with E-state index >= 15 is 0 Å². The monoisotopic (exact) mass is 389 g/mol. The summed E-state index contributed by atoms with van der Waals surface area (Å²) in [6.45, 7) is 3.58. The lowest BCUT2D eigenvalue weighted by Gasteiger charge is -2.07. The minimum atomic E-state index is -3.64. The number of nitrogens with one attached hydrogen (secondary N) is 1. The van der Waals surface area contributed by atoms with Crippen molar-refractivity contribution in [2.75, 3.05) is 4.72 Å². The number of aromatic nitrogens is 2. The van der Waals surface area contributed by atoms with Gasteiger partial charge in [-0.2, -0.15) is 0 Å². The standard InChI is InChI=1S/C12H12IN3O2S/c1-8-7-9(2)15-12(14-8)16-19(17,18)11-5-3-10(13)4-6-11/h3-7H,1-2H3,(H,14,15,16). The molecule has 0 saturated carbocycles. The third-order valence-electron chi connectivity index (χ3n) is 2.33. The van der Waals surface area contributed by atoms with Crippen LogP contribution in [0, 0.1) is 17.4 Å². The molecule has 7 heteroatoms. The zero-order chi connectivity index (χ0) is 14.0. The van der Waals surface area contributed by atoms with E-state index in [2.05, 4.69) is 37.3 Å². The van der Waals surface area contributed by atoms with Gasteiger partial charge in [-0.3, -0.25) is 0 Å². The van der Waals surface area contributed by atoms with Gasteiger partial charge in [0.1, 0.15) is 0 Å². The number of hydrogen-bond donors (Lipinski definition) is 1. The fourth-order valence-corrected chi connectivity index (χ4v) is 2.87. The quantitative estimate of drug-likeness (QED) is 0.819. The summed E-state index contributed by atoms with van der Waals surface area (Å²) in [4.78, 5) is 8.31. The normalized spacial score (nSPS) is 11.3. The first-order chi connectivity index (χ1) is 8.87. The van der Waals surface area contributed by atoms with Gasteiger partial charge in [0.15, 0.2) is 0 Å². The fourth-order valence-electron chi connectivity index (χ4n) is 1.56. The minimum absolute atomic E-state index is 0.0936. The third kappa shape index (κ3) is 3.63. The zero-order valence-electron chi connectivity index (χ0n) is 10.4. The molecule has 100 valence electrons. The minimum Gasteiger partial charge on any atom is -0.247 e. The summed E-state index contributed by atoms with van der Waals surface area (Å²) in [6.07, 6.45) is 0. The van der Waals surface area contributed by atoms with E-state index in [9.17, 15) is 8.42 Å². The highest BCUT2D eigenvalue weighted by molar-refractivity contribution is 14.1. The Labute approximate surface area is 125 Å². The Kier molecular flexibility index (Phi) is 4.04. The zero-order valence-corrected chi connectivity index (χ0v) is 13.4. The SMILES string of the molecule is Cc1cc(C)nc(NS(=O)(=O)c2ccc(I)cc2)n1. The molecule has 0 fully saturated rings. The van der Waals surface area contributed by atoms with Crippen molar-refractivity contribution >= 4 is 38.6 Å². The van der Waals surface area contributed by atoms with Crippen LogP contribution in [0.3, 0.4) is 0 Å². The number of nitrogens with zero attached hydrogens (tertiary/aromatic N) is 2. The van der Waals surface area contributed by atoms with Crippen LogP contribution < -0.4 is 4.72 Å². The molecule has 0 amide bonds. The maximum Gasteiger partial charge on any atom is 0.264 e. The predicted octanol–water partition coefficient (Wildman–Crippen LogP) is 2.50. The molecule has 0 saturated heterocycles. The second-order valence-electron chi connectivity index (χ2n) is 4.03. The molecule has 1 N–H and O–H groups in total. The van der Waals surface area contributed by atoms with E-state index in [1.165, 1.54) is 0 Å². The Bertz CT molecular complexity index is 679. The van der Waals surface area contributed by atoms with E-state index in [0.717, 1.165) is 3.57 Å². The van der Waals surface area contributed by atoms with E-state index in [4.69, 9.17) is 0 Å². The molecule has 2 aromatic rings. The summed E-state index contributed by atoms with van der Waals surface area (Å²) in [6, 6.07) is 8.34. The van der Waals surface area contributed by atoms with Gasteiger partial charge in [0, 0.05) is 15.0 Å². The smallest absolute Gasteiger partial charge is 0.247 e. The van der Waals surface area contributed by atoms with E-state index in [0.29, 0.717) is 11.4 Å². The molecule has 0 aliphatic carbocycles. The predicted molar refractivity (Wildman–Crippen MR) is 81.5 cm³/mol. The van der Waals surface area contributed by atoms with Gasteiger partial charge in [-0.15, -0.1) is 0 Å². The summed E-state index contributed by atoms with van der Waals surface area (Å²) < 4.78 is 27.6. The lowest BCUT2D eigenvalue weighted by molar-refractivity contribution is 0.600. The molecule has 0 unspecified atom stereocenters. The maximum absolute atomic E-state index is 12.1. The van der Waals surface area contributed by atoms with Crippen LogP contribution in [-0.2, 0) is 10.0 Å². The van der Waals surface area contributed by atoms with E-state index in [1.807, 2.05) is 0 Å². The van der Waals surface area contributed by atoms with Crippen LogP contribution in [0.15, 0.2) is 35.2 Å². The molecule has 19 heavy (non-hydrogen) atoms. The van der Waals surface area contributed by atoms with Crippen molar-refractivity contribution < 1.29 is 8.42 Å². The molecule has 0 spiro atoms. The third-order valence-corrected chi connectivity index (χ3v) is 4.40. The molecular weight excluding hydrogens is 377 g/mol. The van der Waals surface area contributed by atoms with Crippen molar-refractivity contribution in [2.24, 2.45) is 0 Å². The highest BCUT2D eigenvalue weighted by Gasteiger charge is 2.15. The molecule has 1 heterocycles. The van der Waals surface area contributed by atoms with Gasteiger partial charge in [-0.1, -0.05) is 0 Å². The number of rotatable bonds is 3. The van der Waals surface area contributed by atoms with Crippen LogP contribution in [0.25, 0.3) is 0 Å². The first-order valence-corrected chi connectivity index (χ1v) is 8.04. The Balaban J connectivity index is 2.33. The van der Waals surface area contributed by atoms with Crippen LogP contribution in [0.2, 0.25) is 0 Å². The van der Waals surface area contributed by atoms with Crippen molar-refractivity contribution in [3.63, 3.8) is 0 Å². The average Bonchev–Trinajstić information content (AvgIpc) is 2.27. The van der Waals surface area contributed by atoms with Gasteiger partial charge in [-0.05, 0) is 66.8 Å². The van der Waals surface area contributed by atoms with Crippen LogP contribution >= 0.6 is 22.6 Å². The van der Waals surface area contributed by atoms with Gasteiger partial charge in [0.05, 0.1) is 4.90 Å². The van der Waals surface area contributed by atoms with E-state index in [1.54, 1.807) is 44.2 Å². The summed E-state index contributed by atoms with van der Waals surface area (Å²) in [7, 11) is -3.64. The van der Waals surface area contributed by atoms with Crippen LogP contribution in [-0.4, -0.2) is 18.4 Å². The fraction of sp³-hybridized carbons (Fsp3) is 0.167. The molecule has 2 rings (SSSR count). The Morgan fingerprint density at radius 3 is 2.11 bits per heavy atom. The summed E-state index contributed by atoms with van der Waals surface area (Å²) in [5, 5.41) is 0. The lowest BCUT2D eigenvalue weighted by Crippen LogP contribution is -2.15. The van der Waals surface area contributed by atoms with Gasteiger partial charge in [0.2, 0.25) is 5.95 Å². The lowest BCUT2D eigenvalue weighted by atomic mass is 10.4. The van der Waals surface area contributed by atoms with Crippen molar-refractivity contribution in [1.29, 1.82) is 0 Å². The first-order valence-electron chi connectivity index (χ1n) is 5.47. The number of anilines is 1. The van der Waals surface area contributed by atoms with Gasteiger partial charge in [-0.25, -0.2) is 23.1 Å². The number of halogens is 1. The van der Waals surface area contributed by atoms with Gasteiger partial charge >= 0.3 is 0 Å². The Morgan fingerprint density at radius 2 is 1.58 bits per heavy atom. The summed E-state index contributed by atoms with van der Waals surface area (Å²) >= 11 is 2.12. The second kappa shape index (κ2) is 5.41. The molecule has 0 radical (unpaired) electrons. The van der Waals surface area contributed by atoms with Crippen molar-refractivity contribution in [1.82, 2.24) is 9.97 Å². The molecule has 1 aromatic carbocycles. The Hall–Kier alpha value is -1.22. The first kappa shape index (κ1) is 14.2. The molecule has 0 bridgehead atoms. The largest absolute Gasteiger partial charge is 0.264 e. The Morgan fingerprint density at radius 1 is 1.05 bits per heavy atom. The number of sulfonamides is 1. The van der Waals surface area contributed by atoms with Crippen molar-refractivity contribution in [3.8, 4) is 0 Å². The number of hydrogen-bond acceptors (Lipinski definition) is 4. The topological polar surface area (TPSA) is 72.0 Å². The maximum atomic E-state index is 12.1. The average molecular weight is 389 g/mol. The van der Waals surface area contributed by atoms with Gasteiger partial charge in [0.25, 0.3) is 10.0 Å². The molecule has 0 aliphatic rings. The molecule has 5 nitrogen and oxygen atoms in total. The van der Waals surface area contributed by atoms with Crippen molar-refractivity contribution in [2.45, 2.75) is 18.7 Å². The molecule has 1 aromatic heterocycles. The highest BCUT2D eigenvalue weighted by Crippen LogP contribution is 2.15. The van der Waals surface area contributed by atoms with Crippen LogP contribution in [0.1, 0.15) is 11.4 Å². The van der Waals surface area contributed by atoms with E-state index < -0.39 is 10.0 Å². The number of aryl methyl sites for hydroxylation is 2. The summed E-state index contributed by atoms with van der Waals surface area (Å²) in [5.74, 6) is 0.0936. The van der Waals surface area contributed by atoms with Crippen LogP contribution in [0.5, 0.6) is 0 Å². The van der Waals surface area contributed by atoms with Gasteiger partial charge < -0.3 is 0 Å². The molecule has 0 atom stereocenters. The second-order valence-corrected chi connectivity index (χ2v) is 6.96. The summed E-state index contributed by atoms with van der Waals surface area (Å²) in [5.41, 5.74) is 1.43. The number of benzene rings is 1.